The van der Waals surface area contributed by atoms with E-state index >= 15 is 0 Å². The molecule has 0 radical (unpaired) electrons. The Morgan fingerprint density at radius 2 is 2.47 bits per heavy atom. The minimum absolute atomic E-state index is 0.123. The highest BCUT2D eigenvalue weighted by Gasteiger charge is 2.37. The van der Waals surface area contributed by atoms with Crippen molar-refractivity contribution in [2.75, 3.05) is 12.3 Å². The molecule has 0 amide bonds. The Labute approximate surface area is 102 Å². The molecule has 1 aromatic rings. The normalized spacial score (nSPS) is 29.2. The highest BCUT2D eigenvalue weighted by Crippen LogP contribution is 2.37. The molecule has 2 rings (SSSR count). The van der Waals surface area contributed by atoms with Crippen LogP contribution in [0.25, 0.3) is 0 Å². The van der Waals surface area contributed by atoms with Gasteiger partial charge in [0.2, 0.25) is 0 Å². The number of pyridine rings is 1. The molecule has 0 saturated carbocycles. The molecule has 2 unspecified atom stereocenters. The molecule has 2 heterocycles. The summed E-state index contributed by atoms with van der Waals surface area (Å²) in [4.78, 5) is 4.06. The molecule has 0 bridgehead atoms. The second-order valence-corrected chi connectivity index (χ2v) is 4.73. The number of nitrogens with two attached hydrogens (primary N) is 1. The monoisotopic (exact) mass is 236 g/mol. The first-order chi connectivity index (χ1) is 8.15. The summed E-state index contributed by atoms with van der Waals surface area (Å²) in [5, 5.41) is 10.7. The number of aromatic nitrogens is 1. The number of hydrogen-bond acceptors (Lipinski definition) is 4. The van der Waals surface area contributed by atoms with Gasteiger partial charge in [-0.25, -0.2) is 0 Å². The Balaban J connectivity index is 2.20. The summed E-state index contributed by atoms with van der Waals surface area (Å²) in [5.74, 6) is 0. The largest absolute Gasteiger partial charge is 0.398 e. The molecule has 0 aromatic carbocycles. The maximum Gasteiger partial charge on any atom is 0.0977 e. The summed E-state index contributed by atoms with van der Waals surface area (Å²) >= 11 is 0. The van der Waals surface area contributed by atoms with E-state index in [1.54, 1.807) is 18.5 Å². The van der Waals surface area contributed by atoms with E-state index in [0.717, 1.165) is 18.4 Å². The number of anilines is 1. The van der Waals surface area contributed by atoms with Crippen molar-refractivity contribution in [3.63, 3.8) is 0 Å². The van der Waals surface area contributed by atoms with Crippen molar-refractivity contribution >= 4 is 5.69 Å². The van der Waals surface area contributed by atoms with Gasteiger partial charge in [-0.1, -0.05) is 13.3 Å². The maximum absolute atomic E-state index is 10.7. The Morgan fingerprint density at radius 1 is 1.65 bits per heavy atom. The van der Waals surface area contributed by atoms with Crippen LogP contribution in [-0.4, -0.2) is 22.8 Å². The molecule has 1 saturated heterocycles. The summed E-state index contributed by atoms with van der Waals surface area (Å²) in [6.07, 6.45) is 6.67. The fourth-order valence-electron chi connectivity index (χ4n) is 2.48. The molecule has 2 atom stereocenters. The van der Waals surface area contributed by atoms with Crippen molar-refractivity contribution in [3.8, 4) is 0 Å². The lowest BCUT2D eigenvalue weighted by Gasteiger charge is -2.37. The summed E-state index contributed by atoms with van der Waals surface area (Å²) < 4.78 is 5.65. The third kappa shape index (κ3) is 2.58. The second kappa shape index (κ2) is 5.02. The molecular weight excluding hydrogens is 216 g/mol. The number of nitrogens with zero attached hydrogens (tertiary/aromatic N) is 1. The first-order valence-corrected chi connectivity index (χ1v) is 6.19. The van der Waals surface area contributed by atoms with Gasteiger partial charge >= 0.3 is 0 Å². The van der Waals surface area contributed by atoms with E-state index in [1.807, 2.05) is 0 Å². The Bertz CT molecular complexity index is 381. The summed E-state index contributed by atoms with van der Waals surface area (Å²) in [7, 11) is 0. The second-order valence-electron chi connectivity index (χ2n) is 4.73. The van der Waals surface area contributed by atoms with Gasteiger partial charge in [-0.15, -0.1) is 0 Å². The quantitative estimate of drug-likeness (QED) is 0.840. The van der Waals surface area contributed by atoms with E-state index in [1.165, 1.54) is 0 Å². The molecule has 0 aliphatic carbocycles. The van der Waals surface area contributed by atoms with Crippen LogP contribution in [0.5, 0.6) is 0 Å². The molecular formula is C13H20N2O2. The molecule has 1 aromatic heterocycles. The van der Waals surface area contributed by atoms with Crippen molar-refractivity contribution < 1.29 is 9.84 Å². The van der Waals surface area contributed by atoms with Crippen molar-refractivity contribution in [1.82, 2.24) is 4.98 Å². The fourth-order valence-corrected chi connectivity index (χ4v) is 2.48. The molecule has 0 spiro atoms. The molecule has 1 aliphatic heterocycles. The van der Waals surface area contributed by atoms with E-state index in [4.69, 9.17) is 10.5 Å². The standard InChI is InChI=1S/C13H20N2O2/c1-2-3-10-8-13(16,5-7-17-10)11-9-15-6-4-12(11)14/h4,6,9-10,16H,2-3,5,7-8H2,1H3,(H2,14,15). The van der Waals surface area contributed by atoms with E-state index in [0.29, 0.717) is 25.1 Å². The molecule has 94 valence electrons. The zero-order chi connectivity index (χ0) is 12.3. The average Bonchev–Trinajstić information content (AvgIpc) is 2.30. The van der Waals surface area contributed by atoms with Crippen molar-refractivity contribution in [2.45, 2.75) is 44.3 Å². The predicted octanol–water partition coefficient (Wildman–Crippen LogP) is 1.83. The third-order valence-electron chi connectivity index (χ3n) is 3.40. The van der Waals surface area contributed by atoms with Gasteiger partial charge in [-0.05, 0) is 12.5 Å². The van der Waals surface area contributed by atoms with Crippen LogP contribution in [0.4, 0.5) is 5.69 Å². The van der Waals surface area contributed by atoms with E-state index in [2.05, 4.69) is 11.9 Å². The van der Waals surface area contributed by atoms with Gasteiger partial charge in [-0.3, -0.25) is 4.98 Å². The average molecular weight is 236 g/mol. The van der Waals surface area contributed by atoms with Crippen LogP contribution < -0.4 is 5.73 Å². The van der Waals surface area contributed by atoms with Gasteiger partial charge in [0.05, 0.1) is 18.3 Å². The summed E-state index contributed by atoms with van der Waals surface area (Å²) in [6.45, 7) is 2.70. The van der Waals surface area contributed by atoms with E-state index in [-0.39, 0.29) is 6.10 Å². The third-order valence-corrected chi connectivity index (χ3v) is 3.40. The van der Waals surface area contributed by atoms with Crippen LogP contribution in [0.3, 0.4) is 0 Å². The van der Waals surface area contributed by atoms with Crippen LogP contribution in [0, 0.1) is 0 Å². The molecule has 4 heteroatoms. The molecule has 1 fully saturated rings. The van der Waals surface area contributed by atoms with Crippen molar-refractivity contribution in [1.29, 1.82) is 0 Å². The summed E-state index contributed by atoms with van der Waals surface area (Å²) in [6, 6.07) is 1.73. The zero-order valence-corrected chi connectivity index (χ0v) is 10.2. The lowest BCUT2D eigenvalue weighted by molar-refractivity contribution is -0.109. The van der Waals surface area contributed by atoms with Crippen LogP contribution >= 0.6 is 0 Å². The van der Waals surface area contributed by atoms with Gasteiger partial charge in [0.1, 0.15) is 0 Å². The van der Waals surface area contributed by atoms with Crippen molar-refractivity contribution in [3.05, 3.63) is 24.0 Å². The maximum atomic E-state index is 10.7. The number of ether oxygens (including phenoxy) is 1. The number of hydrogen-bond donors (Lipinski definition) is 2. The SMILES string of the molecule is CCCC1CC(O)(c2cnccc2N)CCO1. The van der Waals surface area contributed by atoms with Gasteiger partial charge in [-0.2, -0.15) is 0 Å². The minimum atomic E-state index is -0.879. The Kier molecular flexibility index (Phi) is 3.64. The van der Waals surface area contributed by atoms with Crippen LogP contribution in [0.15, 0.2) is 18.5 Å². The van der Waals surface area contributed by atoms with Crippen molar-refractivity contribution in [2.24, 2.45) is 0 Å². The predicted molar refractivity (Wildman–Crippen MR) is 66.4 cm³/mol. The number of nitrogen functional groups attached to an aromatic ring is 1. The topological polar surface area (TPSA) is 68.4 Å². The number of rotatable bonds is 3. The first kappa shape index (κ1) is 12.3. The number of aliphatic hydroxyl groups is 1. The zero-order valence-electron chi connectivity index (χ0n) is 10.2. The lowest BCUT2D eigenvalue weighted by atomic mass is 9.83. The van der Waals surface area contributed by atoms with Gasteiger partial charge in [0.15, 0.2) is 0 Å². The highest BCUT2D eigenvalue weighted by atomic mass is 16.5. The van der Waals surface area contributed by atoms with E-state index in [9.17, 15) is 5.11 Å². The van der Waals surface area contributed by atoms with E-state index < -0.39 is 5.60 Å². The Morgan fingerprint density at radius 3 is 3.18 bits per heavy atom. The van der Waals surface area contributed by atoms with Gasteiger partial charge < -0.3 is 15.6 Å². The van der Waals surface area contributed by atoms with Crippen LogP contribution in [0.1, 0.15) is 38.2 Å². The molecule has 1 aliphatic rings. The highest BCUT2D eigenvalue weighted by molar-refractivity contribution is 5.47. The molecule has 17 heavy (non-hydrogen) atoms. The van der Waals surface area contributed by atoms with Gasteiger partial charge in [0.25, 0.3) is 0 Å². The molecule has 3 N–H and O–H groups in total. The molecule has 4 nitrogen and oxygen atoms in total. The minimum Gasteiger partial charge on any atom is -0.398 e. The smallest absolute Gasteiger partial charge is 0.0977 e. The van der Waals surface area contributed by atoms with Crippen LogP contribution in [0.2, 0.25) is 0 Å². The first-order valence-electron chi connectivity index (χ1n) is 6.19. The summed E-state index contributed by atoms with van der Waals surface area (Å²) in [5.41, 5.74) is 6.39. The fraction of sp³-hybridized carbons (Fsp3) is 0.615. The van der Waals surface area contributed by atoms with Gasteiger partial charge in [0, 0.05) is 36.5 Å². The van der Waals surface area contributed by atoms with Crippen LogP contribution in [-0.2, 0) is 10.3 Å². The lowest BCUT2D eigenvalue weighted by Crippen LogP contribution is -2.39. The Hall–Kier alpha value is -1.13.